The van der Waals surface area contributed by atoms with Gasteiger partial charge in [0, 0.05) is 18.7 Å². The Morgan fingerprint density at radius 1 is 1.26 bits per heavy atom. The van der Waals surface area contributed by atoms with Gasteiger partial charge in [0.1, 0.15) is 16.0 Å². The fourth-order valence-corrected chi connectivity index (χ4v) is 3.32. The van der Waals surface area contributed by atoms with Crippen LogP contribution in [0, 0.1) is 5.41 Å². The molecule has 1 fully saturated rings. The lowest BCUT2D eigenvalue weighted by atomic mass is 9.82. The Morgan fingerprint density at radius 2 is 1.83 bits per heavy atom. The summed E-state index contributed by atoms with van der Waals surface area (Å²) in [5.74, 6) is -0.112. The third kappa shape index (κ3) is 3.44. The normalized spacial score (nSPS) is 21.0. The Balaban J connectivity index is 2.31. The number of hydrogen-bond donors (Lipinski definition) is 1. The molecule has 1 heterocycles. The number of likely N-dealkylation sites (tertiary alicyclic amines) is 1. The molecule has 1 unspecified atom stereocenters. The van der Waals surface area contributed by atoms with E-state index in [1.165, 1.54) is 14.2 Å². The van der Waals surface area contributed by atoms with Crippen LogP contribution in [0.15, 0.2) is 16.6 Å². The predicted octanol–water partition coefficient (Wildman–Crippen LogP) is 2.79. The second kappa shape index (κ2) is 6.78. The van der Waals surface area contributed by atoms with Gasteiger partial charge in [0.15, 0.2) is 0 Å². The van der Waals surface area contributed by atoms with Gasteiger partial charge in [0.05, 0.1) is 19.6 Å². The monoisotopic (exact) mass is 385 g/mol. The Labute approximate surface area is 143 Å². The molecule has 0 saturated carbocycles. The van der Waals surface area contributed by atoms with Gasteiger partial charge in [-0.15, -0.1) is 0 Å². The topological polar surface area (TPSA) is 76.1 Å². The molecule has 126 valence electrons. The van der Waals surface area contributed by atoms with Crippen molar-refractivity contribution in [3.63, 3.8) is 0 Å². The summed E-state index contributed by atoms with van der Waals surface area (Å²) in [7, 11) is 3.02. The van der Waals surface area contributed by atoms with Crippen LogP contribution in [0.1, 0.15) is 30.1 Å². The van der Waals surface area contributed by atoms with E-state index in [0.717, 1.165) is 0 Å². The highest BCUT2D eigenvalue weighted by Crippen LogP contribution is 2.37. The molecule has 0 aliphatic carbocycles. The van der Waals surface area contributed by atoms with E-state index in [2.05, 4.69) is 15.9 Å². The molecule has 1 amide bonds. The molecule has 1 aliphatic rings. The number of carboxylic acid groups (broad SMARTS) is 1. The standard InChI is InChI=1S/C16H20BrNO5/c1-16(15(20)21)5-4-6-18(9-16)14(19)10-7-11(22-2)13(17)12(8-10)23-3/h7-8H,4-6,9H2,1-3H3,(H,20,21). The minimum absolute atomic E-state index is 0.196. The summed E-state index contributed by atoms with van der Waals surface area (Å²) in [4.78, 5) is 25.8. The summed E-state index contributed by atoms with van der Waals surface area (Å²) in [5, 5.41) is 9.38. The Morgan fingerprint density at radius 3 is 2.30 bits per heavy atom. The van der Waals surface area contributed by atoms with E-state index in [1.54, 1.807) is 24.0 Å². The number of piperidine rings is 1. The van der Waals surface area contributed by atoms with E-state index < -0.39 is 11.4 Å². The Hall–Kier alpha value is -1.76. The van der Waals surface area contributed by atoms with Crippen LogP contribution in [0.3, 0.4) is 0 Å². The molecule has 1 aromatic rings. The fraction of sp³-hybridized carbons (Fsp3) is 0.500. The largest absolute Gasteiger partial charge is 0.495 e. The number of carbonyl (C=O) groups is 2. The summed E-state index contributed by atoms with van der Waals surface area (Å²) in [6, 6.07) is 3.25. The van der Waals surface area contributed by atoms with Gasteiger partial charge in [-0.2, -0.15) is 0 Å². The van der Waals surface area contributed by atoms with Gasteiger partial charge in [0.2, 0.25) is 0 Å². The number of methoxy groups -OCH3 is 2. The van der Waals surface area contributed by atoms with Crippen LogP contribution in [-0.4, -0.2) is 49.2 Å². The van der Waals surface area contributed by atoms with Crippen molar-refractivity contribution in [2.75, 3.05) is 27.3 Å². The third-order valence-corrected chi connectivity index (χ3v) is 4.97. The van der Waals surface area contributed by atoms with Crippen LogP contribution in [0.25, 0.3) is 0 Å². The summed E-state index contributed by atoms with van der Waals surface area (Å²) >= 11 is 3.37. The second-order valence-electron chi connectivity index (χ2n) is 5.89. The molecule has 0 radical (unpaired) electrons. The minimum atomic E-state index is -0.905. The number of amides is 1. The number of halogens is 1. The van der Waals surface area contributed by atoms with Crippen LogP contribution >= 0.6 is 15.9 Å². The van der Waals surface area contributed by atoms with Crippen LogP contribution in [0.2, 0.25) is 0 Å². The predicted molar refractivity (Wildman–Crippen MR) is 88.1 cm³/mol. The van der Waals surface area contributed by atoms with E-state index >= 15 is 0 Å². The molecule has 7 heteroatoms. The van der Waals surface area contributed by atoms with Crippen molar-refractivity contribution in [1.82, 2.24) is 4.90 Å². The second-order valence-corrected chi connectivity index (χ2v) is 6.68. The maximum atomic E-state index is 12.8. The molecule has 1 aliphatic heterocycles. The summed E-state index contributed by atoms with van der Waals surface area (Å²) in [5.41, 5.74) is -0.492. The molecule has 1 aromatic carbocycles. The number of benzene rings is 1. The lowest BCUT2D eigenvalue weighted by Crippen LogP contribution is -2.48. The van der Waals surface area contributed by atoms with Crippen molar-refractivity contribution in [2.24, 2.45) is 5.41 Å². The number of hydrogen-bond acceptors (Lipinski definition) is 4. The first-order valence-electron chi connectivity index (χ1n) is 7.26. The van der Waals surface area contributed by atoms with Gasteiger partial charge >= 0.3 is 5.97 Å². The Kier molecular flexibility index (Phi) is 5.19. The number of nitrogens with zero attached hydrogens (tertiary/aromatic N) is 1. The lowest BCUT2D eigenvalue weighted by Gasteiger charge is -2.37. The van der Waals surface area contributed by atoms with Gasteiger partial charge in [-0.3, -0.25) is 9.59 Å². The van der Waals surface area contributed by atoms with E-state index in [4.69, 9.17) is 9.47 Å². The molecule has 23 heavy (non-hydrogen) atoms. The van der Waals surface area contributed by atoms with Gasteiger partial charge in [-0.25, -0.2) is 0 Å². The highest BCUT2D eigenvalue weighted by atomic mass is 79.9. The molecule has 1 atom stereocenters. The first-order valence-corrected chi connectivity index (χ1v) is 8.06. The van der Waals surface area contributed by atoms with Crippen LogP contribution < -0.4 is 9.47 Å². The molecule has 2 rings (SSSR count). The number of carbonyl (C=O) groups excluding carboxylic acids is 1. The van der Waals surface area contributed by atoms with E-state index in [0.29, 0.717) is 40.9 Å². The molecule has 0 aromatic heterocycles. The fourth-order valence-electron chi connectivity index (χ4n) is 2.76. The van der Waals surface area contributed by atoms with Gasteiger partial charge in [-0.1, -0.05) is 0 Å². The van der Waals surface area contributed by atoms with Crippen molar-refractivity contribution in [1.29, 1.82) is 0 Å². The van der Waals surface area contributed by atoms with Crippen molar-refractivity contribution in [3.8, 4) is 11.5 Å². The van der Waals surface area contributed by atoms with E-state index in [1.807, 2.05) is 0 Å². The average Bonchev–Trinajstić information content (AvgIpc) is 2.54. The van der Waals surface area contributed by atoms with Crippen molar-refractivity contribution >= 4 is 27.8 Å². The smallest absolute Gasteiger partial charge is 0.311 e. The van der Waals surface area contributed by atoms with Crippen molar-refractivity contribution < 1.29 is 24.2 Å². The number of rotatable bonds is 4. The maximum Gasteiger partial charge on any atom is 0.311 e. The zero-order chi connectivity index (χ0) is 17.2. The van der Waals surface area contributed by atoms with Crippen LogP contribution in [0.4, 0.5) is 0 Å². The number of ether oxygens (including phenoxy) is 2. The van der Waals surface area contributed by atoms with Gasteiger partial charge in [0.25, 0.3) is 5.91 Å². The van der Waals surface area contributed by atoms with Crippen LogP contribution in [0.5, 0.6) is 11.5 Å². The molecule has 6 nitrogen and oxygen atoms in total. The lowest BCUT2D eigenvalue weighted by molar-refractivity contribution is -0.150. The van der Waals surface area contributed by atoms with Crippen molar-refractivity contribution in [2.45, 2.75) is 19.8 Å². The molecule has 0 bridgehead atoms. The highest BCUT2D eigenvalue weighted by Gasteiger charge is 2.39. The zero-order valence-electron chi connectivity index (χ0n) is 13.4. The van der Waals surface area contributed by atoms with Crippen LogP contribution in [-0.2, 0) is 4.79 Å². The molecular formula is C16H20BrNO5. The average molecular weight is 386 g/mol. The van der Waals surface area contributed by atoms with Gasteiger partial charge in [-0.05, 0) is 47.8 Å². The summed E-state index contributed by atoms with van der Waals surface area (Å²) in [6.45, 7) is 2.42. The van der Waals surface area contributed by atoms with E-state index in [9.17, 15) is 14.7 Å². The third-order valence-electron chi connectivity index (χ3n) is 4.19. The Bertz CT molecular complexity index is 608. The first-order chi connectivity index (χ1) is 10.8. The summed E-state index contributed by atoms with van der Waals surface area (Å²) < 4.78 is 11.1. The zero-order valence-corrected chi connectivity index (χ0v) is 15.0. The highest BCUT2D eigenvalue weighted by molar-refractivity contribution is 9.10. The maximum absolute atomic E-state index is 12.8. The number of aliphatic carboxylic acids is 1. The quantitative estimate of drug-likeness (QED) is 0.861. The first kappa shape index (κ1) is 17.6. The molecular weight excluding hydrogens is 366 g/mol. The molecule has 1 saturated heterocycles. The minimum Gasteiger partial charge on any atom is -0.495 e. The number of carboxylic acids is 1. The summed E-state index contributed by atoms with van der Waals surface area (Å²) in [6.07, 6.45) is 1.23. The SMILES string of the molecule is COc1cc(C(=O)N2CCCC(C)(C(=O)O)C2)cc(OC)c1Br. The van der Waals surface area contributed by atoms with Crippen molar-refractivity contribution in [3.05, 3.63) is 22.2 Å². The molecule has 0 spiro atoms. The van der Waals surface area contributed by atoms with E-state index in [-0.39, 0.29) is 12.5 Å². The van der Waals surface area contributed by atoms with Gasteiger partial charge < -0.3 is 19.5 Å². The molecule has 1 N–H and O–H groups in total.